The van der Waals surface area contributed by atoms with E-state index in [1.54, 1.807) is 18.2 Å². The topological polar surface area (TPSA) is 36.3 Å². The summed E-state index contributed by atoms with van der Waals surface area (Å²) >= 11 is 0. The van der Waals surface area contributed by atoms with E-state index < -0.39 is 0 Å². The molecule has 0 N–H and O–H groups in total. The maximum atomic E-state index is 8.38. The molecule has 0 aliphatic carbocycles. The fraction of sp³-hybridized carbons (Fsp3) is 0. The van der Waals surface area contributed by atoms with Crippen molar-refractivity contribution in [2.75, 3.05) is 0 Å². The quantitative estimate of drug-likeness (QED) is 0.492. The van der Waals surface area contributed by atoms with Gasteiger partial charge in [-0.05, 0) is 12.1 Å². The van der Waals surface area contributed by atoms with E-state index in [-0.39, 0.29) is 0 Å². The van der Waals surface area contributed by atoms with E-state index in [0.717, 1.165) is 11.5 Å². The first-order valence-electron chi connectivity index (χ1n) is 2.62. The van der Waals surface area contributed by atoms with Crippen molar-refractivity contribution < 1.29 is 4.74 Å². The molecule has 0 saturated heterocycles. The highest BCUT2D eigenvalue weighted by Crippen LogP contribution is 2.44. The molecule has 0 fully saturated rings. The molecule has 0 saturated carbocycles. The molecule has 2 heteroatoms. The smallest absolute Gasteiger partial charge is 0.171 e. The number of rotatable bonds is 0. The molecule has 1 aliphatic heterocycles. The van der Waals surface area contributed by atoms with Crippen molar-refractivity contribution in [1.29, 1.82) is 5.26 Å². The number of hydrogen-bond acceptors (Lipinski definition) is 2. The molecule has 2 rings (SSSR count). The molecule has 1 aromatic carbocycles. The Morgan fingerprint density at radius 1 is 1.33 bits per heavy atom. The molecular weight excluding hydrogens is 114 g/mol. The molecule has 0 radical (unpaired) electrons. The number of nitriles is 1. The van der Waals surface area contributed by atoms with Gasteiger partial charge in [0.25, 0.3) is 0 Å². The molecule has 0 amide bonds. The summed E-state index contributed by atoms with van der Waals surface area (Å²) in [5.41, 5.74) is 0.659. The number of hydrogen-bond donors (Lipinski definition) is 0. The van der Waals surface area contributed by atoms with E-state index in [0.29, 0.717) is 5.56 Å². The van der Waals surface area contributed by atoms with E-state index in [9.17, 15) is 0 Å². The Morgan fingerprint density at radius 3 is 2.89 bits per heavy atom. The molecule has 0 spiro atoms. The van der Waals surface area contributed by atoms with Crippen LogP contribution < -0.4 is 4.74 Å². The summed E-state index contributed by atoms with van der Waals surface area (Å²) in [6.07, 6.45) is 0. The van der Waals surface area contributed by atoms with Gasteiger partial charge in [-0.3, -0.25) is 0 Å². The van der Waals surface area contributed by atoms with Crippen molar-refractivity contribution in [1.82, 2.24) is 0 Å². The highest BCUT2D eigenvalue weighted by Gasteiger charge is 2.18. The highest BCUT2D eigenvalue weighted by molar-refractivity contribution is 5.57. The zero-order chi connectivity index (χ0) is 6.27. The Morgan fingerprint density at radius 2 is 2.22 bits per heavy atom. The monoisotopic (exact) mass is 117 g/mol. The zero-order valence-corrected chi connectivity index (χ0v) is 4.59. The third kappa shape index (κ3) is 0.550. The van der Waals surface area contributed by atoms with Gasteiger partial charge in [0.05, 0.1) is 11.6 Å². The summed E-state index contributed by atoms with van der Waals surface area (Å²) in [7, 11) is 0. The second kappa shape index (κ2) is 1.26. The lowest BCUT2D eigenvalue weighted by molar-refractivity contribution is 0.649. The lowest BCUT2D eigenvalue weighted by Crippen LogP contribution is -1.62. The van der Waals surface area contributed by atoms with E-state index in [1.165, 1.54) is 0 Å². The molecule has 9 heavy (non-hydrogen) atoms. The van der Waals surface area contributed by atoms with Crippen LogP contribution in [-0.2, 0) is 0 Å². The predicted molar refractivity (Wildman–Crippen MR) is 31.2 cm³/mol. The van der Waals surface area contributed by atoms with Crippen LogP contribution in [0, 0.1) is 11.3 Å². The third-order valence-corrected chi connectivity index (χ3v) is 1.25. The predicted octanol–water partition coefficient (Wildman–Crippen LogP) is 1.66. The number of benzene rings is 1. The van der Waals surface area contributed by atoms with Crippen LogP contribution in [0.5, 0.6) is 11.5 Å². The minimum Gasteiger partial charge on any atom is -0.449 e. The Labute approximate surface area is 52.3 Å². The average Bonchev–Trinajstić information content (AvgIpc) is 2.64. The molecule has 42 valence electrons. The van der Waals surface area contributed by atoms with Crippen LogP contribution in [0.3, 0.4) is 0 Å². The molecule has 2 nitrogen and oxygen atoms in total. The van der Waals surface area contributed by atoms with Crippen LogP contribution >= 0.6 is 0 Å². The van der Waals surface area contributed by atoms with Crippen molar-refractivity contribution in [3.05, 3.63) is 23.8 Å². The standard InChI is InChI=1S/C7H3NO/c8-4-5-1-2-6-7(3-5)9-6/h1-3H. The summed E-state index contributed by atoms with van der Waals surface area (Å²) in [4.78, 5) is 0. The molecule has 0 aromatic heterocycles. The van der Waals surface area contributed by atoms with Crippen LogP contribution in [0.1, 0.15) is 5.56 Å². The zero-order valence-electron chi connectivity index (χ0n) is 4.59. The van der Waals surface area contributed by atoms with Gasteiger partial charge in [0.1, 0.15) is 0 Å². The van der Waals surface area contributed by atoms with Crippen molar-refractivity contribution in [2.24, 2.45) is 0 Å². The summed E-state index contributed by atoms with van der Waals surface area (Å²) in [6.45, 7) is 0. The minimum absolute atomic E-state index is 0.659. The van der Waals surface area contributed by atoms with Gasteiger partial charge in [-0.2, -0.15) is 5.26 Å². The fourth-order valence-corrected chi connectivity index (χ4v) is 0.734. The fourth-order valence-electron chi connectivity index (χ4n) is 0.734. The summed E-state index contributed by atoms with van der Waals surface area (Å²) in [6, 6.07) is 7.29. The van der Waals surface area contributed by atoms with Crippen LogP contribution in [0.25, 0.3) is 0 Å². The van der Waals surface area contributed by atoms with E-state index in [1.807, 2.05) is 6.07 Å². The van der Waals surface area contributed by atoms with Gasteiger partial charge in [-0.15, -0.1) is 0 Å². The summed E-state index contributed by atoms with van der Waals surface area (Å²) in [5, 5.41) is 8.38. The van der Waals surface area contributed by atoms with Gasteiger partial charge >= 0.3 is 0 Å². The van der Waals surface area contributed by atoms with E-state index in [4.69, 9.17) is 10.00 Å². The number of ether oxygens (including phenoxy) is 1. The first-order chi connectivity index (χ1) is 4.40. The van der Waals surface area contributed by atoms with Gasteiger partial charge in [0.15, 0.2) is 11.5 Å². The third-order valence-electron chi connectivity index (χ3n) is 1.25. The molecular formula is C7H3NO. The molecule has 0 atom stereocenters. The number of fused-ring (bicyclic) bond motifs is 1. The molecule has 0 unspecified atom stereocenters. The molecule has 1 aliphatic rings. The first-order valence-corrected chi connectivity index (χ1v) is 2.62. The van der Waals surface area contributed by atoms with E-state index in [2.05, 4.69) is 0 Å². The SMILES string of the molecule is N#Cc1ccc2c(c1)O2. The van der Waals surface area contributed by atoms with Crippen LogP contribution in [0.4, 0.5) is 0 Å². The second-order valence-electron chi connectivity index (χ2n) is 1.88. The van der Waals surface area contributed by atoms with Gasteiger partial charge in [0.2, 0.25) is 0 Å². The molecule has 1 aromatic rings. The van der Waals surface area contributed by atoms with Gasteiger partial charge in [0, 0.05) is 6.07 Å². The summed E-state index contributed by atoms with van der Waals surface area (Å²) < 4.78 is 4.93. The minimum atomic E-state index is 0.659. The van der Waals surface area contributed by atoms with Crippen LogP contribution in [0.15, 0.2) is 18.2 Å². The van der Waals surface area contributed by atoms with E-state index >= 15 is 0 Å². The van der Waals surface area contributed by atoms with Gasteiger partial charge in [-0.1, -0.05) is 0 Å². The Bertz CT molecular complexity index is 298. The van der Waals surface area contributed by atoms with Crippen molar-refractivity contribution in [3.63, 3.8) is 0 Å². The molecule has 1 heterocycles. The number of nitrogens with zero attached hydrogens (tertiary/aromatic N) is 1. The van der Waals surface area contributed by atoms with Gasteiger partial charge < -0.3 is 4.74 Å². The Hall–Kier alpha value is -1.49. The van der Waals surface area contributed by atoms with Crippen molar-refractivity contribution in [2.45, 2.75) is 0 Å². The van der Waals surface area contributed by atoms with Crippen molar-refractivity contribution in [3.8, 4) is 17.6 Å². The molecule has 0 bridgehead atoms. The largest absolute Gasteiger partial charge is 0.449 e. The second-order valence-corrected chi connectivity index (χ2v) is 1.88. The average molecular weight is 117 g/mol. The van der Waals surface area contributed by atoms with Gasteiger partial charge in [-0.25, -0.2) is 0 Å². The van der Waals surface area contributed by atoms with Crippen molar-refractivity contribution >= 4 is 0 Å². The lowest BCUT2D eigenvalue weighted by Gasteiger charge is -1.74. The first kappa shape index (κ1) is 4.39. The van der Waals surface area contributed by atoms with Crippen LogP contribution in [-0.4, -0.2) is 0 Å². The Balaban J connectivity index is 2.59. The Kier molecular flexibility index (Phi) is 0.617. The maximum Gasteiger partial charge on any atom is 0.171 e. The highest BCUT2D eigenvalue weighted by atomic mass is 16.6. The lowest BCUT2D eigenvalue weighted by atomic mass is 10.2. The normalized spacial score (nSPS) is 11.0. The maximum absolute atomic E-state index is 8.38. The summed E-state index contributed by atoms with van der Waals surface area (Å²) in [5.74, 6) is 1.74. The van der Waals surface area contributed by atoms with Crippen LogP contribution in [0.2, 0.25) is 0 Å².